The predicted molar refractivity (Wildman–Crippen MR) is 126 cm³/mol. The number of benzene rings is 1. The number of likely N-dealkylation sites (tertiary alicyclic amines) is 1. The van der Waals surface area contributed by atoms with E-state index >= 15 is 0 Å². The van der Waals surface area contributed by atoms with Gasteiger partial charge in [0.1, 0.15) is 6.04 Å². The zero-order valence-corrected chi connectivity index (χ0v) is 20.4. The Bertz CT molecular complexity index is 939. The predicted octanol–water partition coefficient (Wildman–Crippen LogP) is 3.58. The molecule has 0 unspecified atom stereocenters. The Morgan fingerprint density at radius 3 is 2.27 bits per heavy atom. The number of allylic oxidation sites excluding steroid dienone is 2. The summed E-state index contributed by atoms with van der Waals surface area (Å²) >= 11 is 12.2. The maximum absolute atomic E-state index is 13.3. The summed E-state index contributed by atoms with van der Waals surface area (Å²) in [5, 5.41) is 3.54. The summed E-state index contributed by atoms with van der Waals surface area (Å²) in [6.45, 7) is 4.25. The van der Waals surface area contributed by atoms with Crippen LogP contribution in [0.4, 0.5) is 0 Å². The molecule has 1 aromatic carbocycles. The summed E-state index contributed by atoms with van der Waals surface area (Å²) in [6.07, 6.45) is 5.32. The van der Waals surface area contributed by atoms with Gasteiger partial charge in [-0.15, -0.1) is 0 Å². The van der Waals surface area contributed by atoms with E-state index in [0.29, 0.717) is 35.9 Å². The van der Waals surface area contributed by atoms with E-state index in [9.17, 15) is 19.2 Å². The Kier molecular flexibility index (Phi) is 8.54. The van der Waals surface area contributed by atoms with Crippen LogP contribution in [0.3, 0.4) is 0 Å². The highest BCUT2D eigenvalue weighted by Crippen LogP contribution is 2.35. The fraction of sp³-hybridized carbons (Fsp3) is 0.500. The molecule has 3 atom stereocenters. The first kappa shape index (κ1) is 25.2. The molecule has 178 valence electrons. The van der Waals surface area contributed by atoms with E-state index in [0.717, 1.165) is 5.56 Å². The number of rotatable bonds is 9. The fourth-order valence-corrected chi connectivity index (χ4v) is 4.81. The van der Waals surface area contributed by atoms with Crippen molar-refractivity contribution in [2.45, 2.75) is 52.1 Å². The van der Waals surface area contributed by atoms with Crippen LogP contribution in [-0.4, -0.2) is 52.6 Å². The number of amides is 4. The molecule has 2 aliphatic rings. The van der Waals surface area contributed by atoms with Crippen LogP contribution in [0, 0.1) is 11.8 Å². The normalized spacial score (nSPS) is 20.5. The molecule has 0 saturated carbocycles. The Morgan fingerprint density at radius 2 is 1.73 bits per heavy atom. The molecule has 33 heavy (non-hydrogen) atoms. The summed E-state index contributed by atoms with van der Waals surface area (Å²) in [5.74, 6) is -1.65. The van der Waals surface area contributed by atoms with Crippen molar-refractivity contribution in [2.24, 2.45) is 11.8 Å². The Morgan fingerprint density at radius 1 is 1.09 bits per heavy atom. The first-order valence-electron chi connectivity index (χ1n) is 11.3. The number of halogens is 2. The molecule has 9 heteroatoms. The quantitative estimate of drug-likeness (QED) is 0.420. The molecule has 0 aromatic heterocycles. The van der Waals surface area contributed by atoms with Gasteiger partial charge in [-0.3, -0.25) is 24.1 Å². The summed E-state index contributed by atoms with van der Waals surface area (Å²) < 4.78 is 0. The number of imide groups is 1. The number of hydrogen-bond donors (Lipinski definition) is 1. The number of nitrogens with zero attached hydrogens (tertiary/aromatic N) is 2. The van der Waals surface area contributed by atoms with Crippen molar-refractivity contribution in [2.75, 3.05) is 13.1 Å². The average molecular weight is 494 g/mol. The lowest BCUT2D eigenvalue weighted by Gasteiger charge is -2.31. The lowest BCUT2D eigenvalue weighted by Crippen LogP contribution is -2.49. The van der Waals surface area contributed by atoms with E-state index in [1.165, 1.54) is 9.80 Å². The van der Waals surface area contributed by atoms with Gasteiger partial charge in [-0.1, -0.05) is 48.3 Å². The number of fused-ring (bicyclic) bond motifs is 1. The molecule has 3 rings (SSSR count). The van der Waals surface area contributed by atoms with Crippen LogP contribution >= 0.6 is 23.2 Å². The smallest absolute Gasteiger partial charge is 0.242 e. The van der Waals surface area contributed by atoms with Gasteiger partial charge < -0.3 is 10.2 Å². The summed E-state index contributed by atoms with van der Waals surface area (Å²) in [4.78, 5) is 54.2. The number of carbonyl (C=O) groups excluding carboxylic acids is 4. The summed E-state index contributed by atoms with van der Waals surface area (Å²) in [7, 11) is 0. The van der Waals surface area contributed by atoms with Gasteiger partial charge in [-0.05, 0) is 43.9 Å². The molecule has 7 nitrogen and oxygen atoms in total. The standard InChI is InChI=1S/C24H29Cl2N3O4/c1-3-20(22(31)27-4-2)29(14-15-9-10-18(25)19(26)13-15)21(30)11-12-28-23(32)16-7-5-6-8-17(16)24(28)33/h5-6,9-10,13,16-17,20H,3-4,7-8,11-12,14H2,1-2H3,(H,27,31)/t16-,17+,20-/m0/s1. The van der Waals surface area contributed by atoms with Crippen LogP contribution < -0.4 is 5.32 Å². The summed E-state index contributed by atoms with van der Waals surface area (Å²) in [6, 6.07) is 4.37. The molecule has 1 aromatic rings. The highest BCUT2D eigenvalue weighted by atomic mass is 35.5. The van der Waals surface area contributed by atoms with Crippen LogP contribution in [-0.2, 0) is 25.7 Å². The SMILES string of the molecule is CCNC(=O)[C@H](CC)N(Cc1ccc(Cl)c(Cl)c1)C(=O)CCN1C(=O)[C@H]2CC=CC[C@H]2C1=O. The summed E-state index contributed by atoms with van der Waals surface area (Å²) in [5.41, 5.74) is 0.728. The molecule has 1 aliphatic heterocycles. The van der Waals surface area contributed by atoms with Gasteiger partial charge >= 0.3 is 0 Å². The monoisotopic (exact) mass is 493 g/mol. The largest absolute Gasteiger partial charge is 0.355 e. The highest BCUT2D eigenvalue weighted by molar-refractivity contribution is 6.42. The maximum atomic E-state index is 13.3. The van der Waals surface area contributed by atoms with Gasteiger partial charge in [0.25, 0.3) is 0 Å². The van der Waals surface area contributed by atoms with Crippen LogP contribution in [0.1, 0.15) is 45.1 Å². The minimum absolute atomic E-state index is 0.00715. The molecule has 0 bridgehead atoms. The Balaban J connectivity index is 1.76. The van der Waals surface area contributed by atoms with Gasteiger partial charge in [-0.25, -0.2) is 0 Å². The molecular weight excluding hydrogens is 465 g/mol. The van der Waals surface area contributed by atoms with Gasteiger partial charge in [0.15, 0.2) is 0 Å². The second-order valence-electron chi connectivity index (χ2n) is 8.32. The Hall–Kier alpha value is -2.38. The second kappa shape index (κ2) is 11.2. The molecule has 4 amide bonds. The third-order valence-electron chi connectivity index (χ3n) is 6.22. The zero-order chi connectivity index (χ0) is 24.1. The first-order chi connectivity index (χ1) is 15.8. The zero-order valence-electron chi connectivity index (χ0n) is 18.9. The molecule has 1 N–H and O–H groups in total. The van der Waals surface area contributed by atoms with Crippen molar-refractivity contribution in [1.82, 2.24) is 15.1 Å². The van der Waals surface area contributed by atoms with Crippen LogP contribution in [0.5, 0.6) is 0 Å². The molecule has 1 aliphatic carbocycles. The second-order valence-corrected chi connectivity index (χ2v) is 9.14. The fourth-order valence-electron chi connectivity index (χ4n) is 4.49. The molecule has 1 saturated heterocycles. The van der Waals surface area contributed by atoms with Crippen LogP contribution in [0.15, 0.2) is 30.4 Å². The van der Waals surface area contributed by atoms with E-state index in [1.54, 1.807) is 18.2 Å². The van der Waals surface area contributed by atoms with Crippen molar-refractivity contribution >= 4 is 46.8 Å². The van der Waals surface area contributed by atoms with E-state index in [4.69, 9.17) is 23.2 Å². The topological polar surface area (TPSA) is 86.8 Å². The van der Waals surface area contributed by atoms with Gasteiger partial charge in [-0.2, -0.15) is 0 Å². The molecular formula is C24H29Cl2N3O4. The number of likely N-dealkylation sites (N-methyl/N-ethyl adjacent to an activating group) is 1. The maximum Gasteiger partial charge on any atom is 0.242 e. The van der Waals surface area contributed by atoms with E-state index < -0.39 is 6.04 Å². The number of hydrogen-bond acceptors (Lipinski definition) is 4. The lowest BCUT2D eigenvalue weighted by molar-refractivity contribution is -0.144. The van der Waals surface area contributed by atoms with Gasteiger partial charge in [0.05, 0.1) is 21.9 Å². The third kappa shape index (κ3) is 5.58. The number of carbonyl (C=O) groups is 4. The van der Waals surface area contributed by atoms with Crippen molar-refractivity contribution < 1.29 is 19.2 Å². The van der Waals surface area contributed by atoms with Gasteiger partial charge in [0.2, 0.25) is 23.6 Å². The van der Waals surface area contributed by atoms with Crippen molar-refractivity contribution in [3.8, 4) is 0 Å². The van der Waals surface area contributed by atoms with Crippen molar-refractivity contribution in [3.63, 3.8) is 0 Å². The highest BCUT2D eigenvalue weighted by Gasteiger charge is 2.47. The van der Waals surface area contributed by atoms with E-state index in [-0.39, 0.29) is 55.0 Å². The molecule has 0 spiro atoms. The number of nitrogens with one attached hydrogen (secondary N) is 1. The lowest BCUT2D eigenvalue weighted by atomic mass is 9.85. The Labute approximate surface area is 204 Å². The van der Waals surface area contributed by atoms with Crippen LogP contribution in [0.25, 0.3) is 0 Å². The first-order valence-corrected chi connectivity index (χ1v) is 12.0. The average Bonchev–Trinajstić information content (AvgIpc) is 3.04. The molecule has 0 radical (unpaired) electrons. The minimum Gasteiger partial charge on any atom is -0.355 e. The van der Waals surface area contributed by atoms with Crippen molar-refractivity contribution in [1.29, 1.82) is 0 Å². The van der Waals surface area contributed by atoms with Crippen LogP contribution in [0.2, 0.25) is 10.0 Å². The van der Waals surface area contributed by atoms with E-state index in [1.807, 2.05) is 26.0 Å². The minimum atomic E-state index is -0.691. The third-order valence-corrected chi connectivity index (χ3v) is 6.96. The van der Waals surface area contributed by atoms with E-state index in [2.05, 4.69) is 5.32 Å². The van der Waals surface area contributed by atoms with Gasteiger partial charge in [0, 0.05) is 26.1 Å². The van der Waals surface area contributed by atoms with Crippen molar-refractivity contribution in [3.05, 3.63) is 46.0 Å². The molecule has 1 heterocycles. The molecule has 1 fully saturated rings.